The molecule has 3 heterocycles. The Morgan fingerprint density at radius 1 is 1.11 bits per heavy atom. The summed E-state index contributed by atoms with van der Waals surface area (Å²) in [5, 5.41) is 8.89. The molecule has 0 fully saturated rings. The number of hydrogen-bond acceptors (Lipinski definition) is 9. The molecule has 1 amide bonds. The van der Waals surface area contributed by atoms with Crippen LogP contribution >= 0.6 is 0 Å². The van der Waals surface area contributed by atoms with Crippen LogP contribution in [-0.4, -0.2) is 45.2 Å². The van der Waals surface area contributed by atoms with Gasteiger partial charge in [-0.15, -0.1) is 0 Å². The van der Waals surface area contributed by atoms with Crippen LogP contribution in [0, 0.1) is 11.3 Å². The van der Waals surface area contributed by atoms with Gasteiger partial charge in [0.2, 0.25) is 5.88 Å². The van der Waals surface area contributed by atoms with Gasteiger partial charge >= 0.3 is 12.1 Å². The van der Waals surface area contributed by atoms with Gasteiger partial charge in [0, 0.05) is 18.3 Å². The number of amides is 1. The second-order valence-corrected chi connectivity index (χ2v) is 7.68. The van der Waals surface area contributed by atoms with Crippen molar-refractivity contribution in [2.75, 3.05) is 12.0 Å². The summed E-state index contributed by atoms with van der Waals surface area (Å²) in [4.78, 5) is 42.2. The SMILES string of the molecule is COC(=O)CC(C)N(C(=O)Oc1ccc2[nH]c(COc3ccc(C#N)cc3)nc2n1)c1ccccn1. The fourth-order valence-electron chi connectivity index (χ4n) is 3.38. The number of nitriles is 1. The highest BCUT2D eigenvalue weighted by atomic mass is 16.6. The third-order valence-electron chi connectivity index (χ3n) is 5.14. The predicted molar refractivity (Wildman–Crippen MR) is 128 cm³/mol. The minimum absolute atomic E-state index is 0.0322. The summed E-state index contributed by atoms with van der Waals surface area (Å²) in [7, 11) is 1.28. The van der Waals surface area contributed by atoms with Gasteiger partial charge in [0.1, 0.15) is 24.0 Å². The van der Waals surface area contributed by atoms with E-state index in [-0.39, 0.29) is 18.9 Å². The first-order valence-electron chi connectivity index (χ1n) is 10.9. The van der Waals surface area contributed by atoms with Gasteiger partial charge in [-0.3, -0.25) is 9.69 Å². The molecule has 1 atom stereocenters. The summed E-state index contributed by atoms with van der Waals surface area (Å²) in [5.74, 6) is 0.995. The summed E-state index contributed by atoms with van der Waals surface area (Å²) in [6.07, 6.45) is 0.740. The lowest BCUT2D eigenvalue weighted by atomic mass is 10.2. The van der Waals surface area contributed by atoms with E-state index in [0.717, 1.165) is 0 Å². The van der Waals surface area contributed by atoms with Crippen LogP contribution in [0.25, 0.3) is 11.2 Å². The van der Waals surface area contributed by atoms with Crippen LogP contribution in [0.15, 0.2) is 60.8 Å². The third-order valence-corrected chi connectivity index (χ3v) is 5.14. The molecule has 4 aromatic rings. The van der Waals surface area contributed by atoms with Crippen molar-refractivity contribution in [3.8, 4) is 17.7 Å². The number of H-pyrrole nitrogens is 1. The largest absolute Gasteiger partial charge is 0.486 e. The lowest BCUT2D eigenvalue weighted by Gasteiger charge is -2.26. The maximum absolute atomic E-state index is 13.1. The van der Waals surface area contributed by atoms with Gasteiger partial charge in [0.15, 0.2) is 5.65 Å². The number of anilines is 1. The second kappa shape index (κ2) is 11.0. The quantitative estimate of drug-likeness (QED) is 0.368. The zero-order valence-electron chi connectivity index (χ0n) is 19.5. The Bertz CT molecular complexity index is 1400. The van der Waals surface area contributed by atoms with Crippen molar-refractivity contribution < 1.29 is 23.8 Å². The van der Waals surface area contributed by atoms with E-state index in [1.165, 1.54) is 24.3 Å². The number of benzene rings is 1. The summed E-state index contributed by atoms with van der Waals surface area (Å²) >= 11 is 0. The molecule has 0 saturated carbocycles. The first-order chi connectivity index (χ1) is 17.5. The maximum atomic E-state index is 13.1. The molecular formula is C25H22N6O5. The number of carbonyl (C=O) groups is 2. The smallest absolute Gasteiger partial charge is 0.422 e. The number of pyridine rings is 2. The minimum Gasteiger partial charge on any atom is -0.486 e. The minimum atomic E-state index is -0.753. The number of rotatable bonds is 8. The van der Waals surface area contributed by atoms with Crippen LogP contribution in [0.5, 0.6) is 11.6 Å². The summed E-state index contributed by atoms with van der Waals surface area (Å²) in [6.45, 7) is 1.84. The molecule has 182 valence electrons. The van der Waals surface area contributed by atoms with Crippen molar-refractivity contribution >= 4 is 29.0 Å². The average Bonchev–Trinajstić information content (AvgIpc) is 3.30. The molecule has 0 saturated heterocycles. The van der Waals surface area contributed by atoms with E-state index >= 15 is 0 Å². The first kappa shape index (κ1) is 24.2. The van der Waals surface area contributed by atoms with Gasteiger partial charge in [-0.05, 0) is 49.4 Å². The van der Waals surface area contributed by atoms with Crippen LogP contribution in [0.1, 0.15) is 24.7 Å². The van der Waals surface area contributed by atoms with Gasteiger partial charge in [0.25, 0.3) is 0 Å². The van der Waals surface area contributed by atoms with E-state index in [2.05, 4.69) is 26.0 Å². The van der Waals surface area contributed by atoms with Crippen LogP contribution < -0.4 is 14.4 Å². The van der Waals surface area contributed by atoms with Crippen LogP contribution in [0.4, 0.5) is 10.6 Å². The van der Waals surface area contributed by atoms with Crippen LogP contribution in [0.2, 0.25) is 0 Å². The number of methoxy groups -OCH3 is 1. The van der Waals surface area contributed by atoms with Gasteiger partial charge in [-0.2, -0.15) is 10.2 Å². The Balaban J connectivity index is 1.48. The molecule has 1 aromatic carbocycles. The third kappa shape index (κ3) is 5.74. The van der Waals surface area contributed by atoms with Crippen molar-refractivity contribution in [3.05, 3.63) is 72.2 Å². The van der Waals surface area contributed by atoms with E-state index in [9.17, 15) is 9.59 Å². The number of ether oxygens (including phenoxy) is 3. The number of aromatic nitrogens is 4. The molecule has 1 N–H and O–H groups in total. The number of carbonyl (C=O) groups excluding carboxylic acids is 2. The number of nitrogens with zero attached hydrogens (tertiary/aromatic N) is 5. The standard InChI is InChI=1S/C25H22N6O5/c1-16(13-23(32)34-2)31(21-5-3-4-12-27-21)25(33)36-22-11-10-19-24(30-22)29-20(28-19)15-35-18-8-6-17(14-26)7-9-18/h3-12,16H,13,15H2,1-2H3,(H,28,29,30). The predicted octanol–water partition coefficient (Wildman–Crippen LogP) is 3.76. The molecular weight excluding hydrogens is 464 g/mol. The highest BCUT2D eigenvalue weighted by Gasteiger charge is 2.27. The normalized spacial score (nSPS) is 11.4. The maximum Gasteiger partial charge on any atom is 0.422 e. The highest BCUT2D eigenvalue weighted by Crippen LogP contribution is 2.21. The van der Waals surface area contributed by atoms with Crippen molar-refractivity contribution in [1.82, 2.24) is 19.9 Å². The van der Waals surface area contributed by atoms with Crippen LogP contribution in [-0.2, 0) is 16.1 Å². The van der Waals surface area contributed by atoms with Crippen molar-refractivity contribution in [2.24, 2.45) is 0 Å². The highest BCUT2D eigenvalue weighted by molar-refractivity contribution is 5.89. The molecule has 0 bridgehead atoms. The topological polar surface area (TPSA) is 143 Å². The van der Waals surface area contributed by atoms with Gasteiger partial charge in [0.05, 0.1) is 30.7 Å². The summed E-state index contributed by atoms with van der Waals surface area (Å²) < 4.78 is 15.9. The fourth-order valence-corrected chi connectivity index (χ4v) is 3.38. The lowest BCUT2D eigenvalue weighted by molar-refractivity contribution is -0.140. The number of hydrogen-bond donors (Lipinski definition) is 1. The number of imidazole rings is 1. The van der Waals surface area contributed by atoms with Gasteiger partial charge in [-0.1, -0.05) is 6.07 Å². The zero-order valence-corrected chi connectivity index (χ0v) is 19.5. The lowest BCUT2D eigenvalue weighted by Crippen LogP contribution is -2.42. The number of fused-ring (bicyclic) bond motifs is 1. The van der Waals surface area contributed by atoms with Crippen molar-refractivity contribution in [1.29, 1.82) is 5.26 Å². The van der Waals surface area contributed by atoms with E-state index in [0.29, 0.717) is 34.1 Å². The molecule has 11 nitrogen and oxygen atoms in total. The molecule has 0 aliphatic heterocycles. The summed E-state index contributed by atoms with van der Waals surface area (Å²) in [5.41, 5.74) is 1.51. The fraction of sp³-hybridized carbons (Fsp3) is 0.200. The van der Waals surface area contributed by atoms with Crippen molar-refractivity contribution in [2.45, 2.75) is 26.0 Å². The average molecular weight is 486 g/mol. The molecule has 1 unspecified atom stereocenters. The molecule has 3 aromatic heterocycles. The molecule has 36 heavy (non-hydrogen) atoms. The molecule has 4 rings (SSSR count). The Morgan fingerprint density at radius 3 is 2.61 bits per heavy atom. The molecule has 0 spiro atoms. The van der Waals surface area contributed by atoms with E-state index in [1.54, 1.807) is 55.5 Å². The molecule has 0 radical (unpaired) electrons. The second-order valence-electron chi connectivity index (χ2n) is 7.68. The Hall–Kier alpha value is -4.98. The van der Waals surface area contributed by atoms with Crippen molar-refractivity contribution in [3.63, 3.8) is 0 Å². The van der Waals surface area contributed by atoms with Gasteiger partial charge in [-0.25, -0.2) is 14.8 Å². The number of esters is 1. The van der Waals surface area contributed by atoms with Crippen LogP contribution in [0.3, 0.4) is 0 Å². The number of aromatic amines is 1. The summed E-state index contributed by atoms with van der Waals surface area (Å²) in [6, 6.07) is 16.5. The van der Waals surface area contributed by atoms with E-state index in [4.69, 9.17) is 19.5 Å². The Kier molecular flexibility index (Phi) is 7.36. The van der Waals surface area contributed by atoms with Gasteiger partial charge < -0.3 is 19.2 Å². The monoisotopic (exact) mass is 486 g/mol. The first-order valence-corrected chi connectivity index (χ1v) is 10.9. The number of nitrogens with one attached hydrogen (secondary N) is 1. The Labute approximate surface area is 206 Å². The van der Waals surface area contributed by atoms with E-state index in [1.807, 2.05) is 0 Å². The Morgan fingerprint density at radius 2 is 1.92 bits per heavy atom. The molecule has 0 aliphatic rings. The molecule has 0 aliphatic carbocycles. The zero-order chi connectivity index (χ0) is 25.5. The molecule has 11 heteroatoms. The van der Waals surface area contributed by atoms with E-state index < -0.39 is 18.1 Å².